The quantitative estimate of drug-likeness (QED) is 0.0917. The molecule has 0 unspecified atom stereocenters. The summed E-state index contributed by atoms with van der Waals surface area (Å²) >= 11 is 0. The fourth-order valence-corrected chi connectivity index (χ4v) is 5.95. The number of hydrogen-bond acceptors (Lipinski definition) is 4. The van der Waals surface area contributed by atoms with Gasteiger partial charge in [0.2, 0.25) is 0 Å². The van der Waals surface area contributed by atoms with E-state index in [-0.39, 0.29) is 17.1 Å². The van der Waals surface area contributed by atoms with Crippen molar-refractivity contribution in [1.82, 2.24) is 9.97 Å². The largest absolute Gasteiger partial charge is 2.00 e. The summed E-state index contributed by atoms with van der Waals surface area (Å²) in [4.78, 5) is 19.8. The van der Waals surface area contributed by atoms with Crippen LogP contribution in [0.5, 0.6) is 0 Å². The van der Waals surface area contributed by atoms with E-state index in [0.29, 0.717) is 0 Å². The number of allylic oxidation sites excluding steroid dienone is 4. The Bertz CT molecular complexity index is 1710. The Morgan fingerprint density at radius 1 is 0.633 bits per heavy atom. The number of aryl methyl sites for hydroxylation is 4. The van der Waals surface area contributed by atoms with Gasteiger partial charge in [-0.05, 0) is 81.0 Å². The Morgan fingerprint density at radius 2 is 1.14 bits per heavy atom. The van der Waals surface area contributed by atoms with Crippen LogP contribution in [0.2, 0.25) is 0 Å². The molecule has 2 aromatic carbocycles. The Hall–Kier alpha value is -4.32. The number of aromatic nitrogens is 2. The molecule has 0 fully saturated rings. The van der Waals surface area contributed by atoms with Gasteiger partial charge >= 0.3 is 17.1 Å². The maximum atomic E-state index is 5.26. The Morgan fingerprint density at radius 3 is 1.65 bits per heavy atom. The minimum Gasteiger partial charge on any atom is -0.678 e. The molecule has 6 nitrogen and oxygen atoms in total. The normalized spacial score (nSPS) is 13.8. The van der Waals surface area contributed by atoms with E-state index in [4.69, 9.17) is 30.6 Å². The van der Waals surface area contributed by atoms with Crippen LogP contribution in [0.3, 0.4) is 0 Å². The van der Waals surface area contributed by atoms with Gasteiger partial charge in [-0.15, -0.1) is 5.69 Å². The number of benzene rings is 2. The van der Waals surface area contributed by atoms with Gasteiger partial charge in [-0.25, -0.2) is 0 Å². The van der Waals surface area contributed by atoms with Gasteiger partial charge < -0.3 is 10.6 Å². The second-order valence-electron chi connectivity index (χ2n) is 12.0. The van der Waals surface area contributed by atoms with Crippen LogP contribution < -0.4 is 0 Å². The molecule has 0 radical (unpaired) electrons. The summed E-state index contributed by atoms with van der Waals surface area (Å²) in [6, 6.07) is 23.9. The van der Waals surface area contributed by atoms with Crippen molar-refractivity contribution in [2.24, 2.45) is 9.98 Å². The van der Waals surface area contributed by atoms with E-state index in [2.05, 4.69) is 64.1 Å². The molecule has 0 aliphatic heterocycles. The van der Waals surface area contributed by atoms with E-state index in [9.17, 15) is 0 Å². The molecule has 0 spiro atoms. The van der Waals surface area contributed by atoms with Crippen molar-refractivity contribution >= 4 is 22.8 Å². The van der Waals surface area contributed by atoms with Crippen LogP contribution in [0.1, 0.15) is 101 Å². The average molecular weight is 695 g/mol. The van der Waals surface area contributed by atoms with Crippen molar-refractivity contribution in [3.63, 3.8) is 0 Å². The predicted octanol–water partition coefficient (Wildman–Crippen LogP) is 11.6. The van der Waals surface area contributed by atoms with Gasteiger partial charge in [0, 0.05) is 29.5 Å². The van der Waals surface area contributed by atoms with Crippen LogP contribution in [-0.2, 0) is 42.8 Å². The summed E-state index contributed by atoms with van der Waals surface area (Å²) in [6.45, 7) is 16.8. The van der Waals surface area contributed by atoms with Crippen molar-refractivity contribution < 1.29 is 17.1 Å². The van der Waals surface area contributed by atoms with Crippen molar-refractivity contribution in [2.75, 3.05) is 0 Å². The van der Waals surface area contributed by atoms with Gasteiger partial charge in [-0.1, -0.05) is 113 Å². The van der Waals surface area contributed by atoms with Crippen molar-refractivity contribution in [1.29, 1.82) is 0 Å². The monoisotopic (exact) mass is 694 g/mol. The number of aliphatic imine (C=N–C) groups is 2. The van der Waals surface area contributed by atoms with E-state index in [0.717, 1.165) is 71.3 Å². The SMILES string of the molecule is CCc1cccc(CC)c1N=C(C)/C=C(/C)[N-][C@@H](c1ccccn1)[C@@H](N=C(C)/C=C(/C)[N-]c1c(CC)cccc1CC)c1ccccn1.[Fe+2]. The molecular weight excluding hydrogens is 644 g/mol. The first kappa shape index (κ1) is 39.1. The third-order valence-electron chi connectivity index (χ3n) is 8.31. The van der Waals surface area contributed by atoms with Gasteiger partial charge in [0.25, 0.3) is 0 Å². The first-order valence-electron chi connectivity index (χ1n) is 17.2. The number of pyridine rings is 2. The van der Waals surface area contributed by atoms with Crippen LogP contribution in [-0.4, -0.2) is 21.4 Å². The summed E-state index contributed by atoms with van der Waals surface area (Å²) in [5.74, 6) is 0. The molecule has 2 aromatic heterocycles. The number of nitrogens with zero attached hydrogens (tertiary/aromatic N) is 6. The molecule has 4 rings (SSSR count). The zero-order chi connectivity index (χ0) is 34.5. The Labute approximate surface area is 304 Å². The van der Waals surface area contributed by atoms with Gasteiger partial charge in [-0.3, -0.25) is 20.0 Å². The fraction of sp³-hybridized carbons (Fsp3) is 0.333. The fourth-order valence-electron chi connectivity index (χ4n) is 5.95. The van der Waals surface area contributed by atoms with E-state index in [1.54, 1.807) is 0 Å². The summed E-state index contributed by atoms with van der Waals surface area (Å²) < 4.78 is 0. The van der Waals surface area contributed by atoms with Crippen LogP contribution in [0.15, 0.2) is 119 Å². The Balaban J connectivity index is 0.00000650. The molecule has 0 saturated carbocycles. The summed E-state index contributed by atoms with van der Waals surface area (Å²) in [5, 5.41) is 10.3. The van der Waals surface area contributed by atoms with E-state index < -0.39 is 12.1 Å². The topological polar surface area (TPSA) is 78.7 Å². The second kappa shape index (κ2) is 19.6. The second-order valence-corrected chi connectivity index (χ2v) is 12.0. The average Bonchev–Trinajstić information content (AvgIpc) is 3.10. The van der Waals surface area contributed by atoms with E-state index in [1.165, 1.54) is 22.3 Å². The minimum atomic E-state index is -0.410. The molecule has 0 bridgehead atoms. The standard InChI is InChI=1S/C42H50N6.Fe/c1-9-33-19-17-20-34(10-2)39(33)45-29(5)27-31(7)47-41(37-23-13-15-25-43-37)42(38-24-14-16-26-44-38)48-32(8)28-30(6)46-40-35(11-3)21-18-22-36(40)12-4;/h13-28,41-42H,9-12H2,1-8H3;/q-2;+2/b29-27-,32-28-,46-30?,47-31?;/t41-,42-;/m0./s1. The maximum absolute atomic E-state index is 5.26. The van der Waals surface area contributed by atoms with Crippen molar-refractivity contribution in [2.45, 2.75) is 93.2 Å². The molecule has 0 aliphatic rings. The molecule has 49 heavy (non-hydrogen) atoms. The zero-order valence-electron chi connectivity index (χ0n) is 30.3. The van der Waals surface area contributed by atoms with Crippen molar-refractivity contribution in [3.8, 4) is 0 Å². The van der Waals surface area contributed by atoms with Crippen LogP contribution >= 0.6 is 0 Å². The Kier molecular flexibility index (Phi) is 15.7. The summed E-state index contributed by atoms with van der Waals surface area (Å²) in [5.41, 5.74) is 12.3. The minimum absolute atomic E-state index is 0. The van der Waals surface area contributed by atoms with Crippen LogP contribution in [0.4, 0.5) is 11.4 Å². The third kappa shape index (κ3) is 10.8. The van der Waals surface area contributed by atoms with Crippen LogP contribution in [0.25, 0.3) is 10.6 Å². The van der Waals surface area contributed by atoms with E-state index in [1.807, 2.05) is 88.6 Å². The van der Waals surface area contributed by atoms with Gasteiger partial charge in [0.15, 0.2) is 0 Å². The maximum Gasteiger partial charge on any atom is 2.00 e. The van der Waals surface area contributed by atoms with Crippen LogP contribution in [0, 0.1) is 0 Å². The zero-order valence-corrected chi connectivity index (χ0v) is 31.4. The van der Waals surface area contributed by atoms with E-state index >= 15 is 0 Å². The molecule has 0 amide bonds. The molecule has 4 aromatic rings. The smallest absolute Gasteiger partial charge is 0.678 e. The number of para-hydroxylation sites is 2. The van der Waals surface area contributed by atoms with Gasteiger partial charge in [0.05, 0.1) is 17.4 Å². The molecular formula is C42H50FeN6. The molecule has 0 N–H and O–H groups in total. The molecule has 2 atom stereocenters. The third-order valence-corrected chi connectivity index (χ3v) is 8.31. The van der Waals surface area contributed by atoms with Crippen molar-refractivity contribution in [3.05, 3.63) is 153 Å². The summed E-state index contributed by atoms with van der Waals surface area (Å²) in [7, 11) is 0. The molecule has 256 valence electrons. The number of rotatable bonds is 15. The molecule has 7 heteroatoms. The number of hydrogen-bond donors (Lipinski definition) is 0. The van der Waals surface area contributed by atoms with Gasteiger partial charge in [-0.2, -0.15) is 11.4 Å². The molecule has 0 aliphatic carbocycles. The summed E-state index contributed by atoms with van der Waals surface area (Å²) in [6.07, 6.45) is 11.5. The molecule has 0 saturated heterocycles. The molecule has 2 heterocycles. The predicted molar refractivity (Wildman–Crippen MR) is 204 cm³/mol. The first-order chi connectivity index (χ1) is 23.3. The first-order valence-corrected chi connectivity index (χ1v) is 17.2. The van der Waals surface area contributed by atoms with Gasteiger partial charge in [0.1, 0.15) is 0 Å².